The molecule has 0 aliphatic heterocycles. The van der Waals surface area contributed by atoms with Gasteiger partial charge in [-0.25, -0.2) is 9.59 Å². The molecule has 0 radical (unpaired) electrons. The van der Waals surface area contributed by atoms with Crippen molar-refractivity contribution in [2.24, 2.45) is 0 Å². The zero-order valence-electron chi connectivity index (χ0n) is 22.1. The van der Waals surface area contributed by atoms with Crippen LogP contribution in [-0.4, -0.2) is 72.6 Å². The number of carbonyl (C=O) groups is 2. The normalized spacial score (nSPS) is 11.6. The molecule has 0 aromatic heterocycles. The highest BCUT2D eigenvalue weighted by Gasteiger charge is 2.20. The van der Waals surface area contributed by atoms with Crippen molar-refractivity contribution < 1.29 is 38.6 Å². The van der Waals surface area contributed by atoms with Gasteiger partial charge in [-0.05, 0) is 50.1 Å². The molecular weight excluding hydrogens is 496 g/mol. The Labute approximate surface area is 222 Å². The molecule has 1 N–H and O–H groups in total. The maximum atomic E-state index is 12.9. The van der Waals surface area contributed by atoms with Crippen LogP contribution in [0, 0.1) is 17.0 Å². The Morgan fingerprint density at radius 1 is 1.03 bits per heavy atom. The number of carboxylic acid groups (broad SMARTS) is 1. The van der Waals surface area contributed by atoms with Gasteiger partial charge >= 0.3 is 12.1 Å². The van der Waals surface area contributed by atoms with Crippen LogP contribution in [0.4, 0.5) is 10.5 Å². The van der Waals surface area contributed by atoms with Crippen molar-refractivity contribution in [3.63, 3.8) is 0 Å². The lowest BCUT2D eigenvalue weighted by Crippen LogP contribution is -2.39. The molecule has 1 unspecified atom stereocenters. The van der Waals surface area contributed by atoms with Gasteiger partial charge < -0.3 is 29.0 Å². The minimum atomic E-state index is -1.02. The van der Waals surface area contributed by atoms with Crippen LogP contribution in [0.25, 0.3) is 0 Å². The highest BCUT2D eigenvalue weighted by atomic mass is 16.6. The van der Waals surface area contributed by atoms with Crippen molar-refractivity contribution in [2.75, 3.05) is 39.5 Å². The van der Waals surface area contributed by atoms with E-state index in [1.165, 1.54) is 23.1 Å². The maximum absolute atomic E-state index is 12.9. The van der Waals surface area contributed by atoms with Crippen molar-refractivity contribution in [3.8, 4) is 11.5 Å². The van der Waals surface area contributed by atoms with E-state index in [0.717, 1.165) is 18.4 Å². The number of nitrogens with zero attached hydrogens (tertiary/aromatic N) is 2. The molecule has 0 saturated heterocycles. The van der Waals surface area contributed by atoms with Crippen LogP contribution in [0.3, 0.4) is 0 Å². The highest BCUT2D eigenvalue weighted by Crippen LogP contribution is 2.24. The van der Waals surface area contributed by atoms with Crippen molar-refractivity contribution in [2.45, 2.75) is 46.1 Å². The molecule has 208 valence electrons. The van der Waals surface area contributed by atoms with Gasteiger partial charge in [0, 0.05) is 31.7 Å². The van der Waals surface area contributed by atoms with Gasteiger partial charge in [-0.15, -0.1) is 0 Å². The zero-order valence-corrected chi connectivity index (χ0v) is 22.1. The summed E-state index contributed by atoms with van der Waals surface area (Å²) in [7, 11) is 0. The van der Waals surface area contributed by atoms with E-state index in [2.05, 4.69) is 6.92 Å². The number of carbonyl (C=O) groups excluding carboxylic acids is 1. The standard InChI is InChI=1S/C27H36N2O9/c1-4-6-15-35-16-13-28(27(32)38-23-10-7-20(3)24(19-23)29(33)34)14-17-37-22-11-8-21(9-12-22)18-25(26(30)31)36-5-2/h7-12,19,25H,4-6,13-18H2,1-3H3,(H,30,31). The summed E-state index contributed by atoms with van der Waals surface area (Å²) in [4.78, 5) is 36.3. The van der Waals surface area contributed by atoms with Crippen molar-refractivity contribution in [1.82, 2.24) is 4.90 Å². The average molecular weight is 533 g/mol. The van der Waals surface area contributed by atoms with E-state index in [0.29, 0.717) is 31.1 Å². The first-order chi connectivity index (χ1) is 18.2. The number of rotatable bonds is 17. The third-order valence-electron chi connectivity index (χ3n) is 5.61. The highest BCUT2D eigenvalue weighted by molar-refractivity contribution is 5.72. The lowest BCUT2D eigenvalue weighted by Gasteiger charge is -2.22. The first kappa shape index (κ1) is 30.5. The summed E-state index contributed by atoms with van der Waals surface area (Å²) < 4.78 is 22.0. The second kappa shape index (κ2) is 16.2. The molecule has 0 bridgehead atoms. The fourth-order valence-electron chi connectivity index (χ4n) is 3.46. The number of aliphatic carboxylic acids is 1. The SMILES string of the molecule is CCCCOCCN(CCOc1ccc(CC(OCC)C(=O)O)cc1)C(=O)Oc1ccc(C)c([N+](=O)[O-])c1. The first-order valence-electron chi connectivity index (χ1n) is 12.6. The number of hydrogen-bond donors (Lipinski definition) is 1. The minimum Gasteiger partial charge on any atom is -0.492 e. The molecule has 0 aliphatic carbocycles. The molecule has 1 amide bonds. The Bertz CT molecular complexity index is 1040. The van der Waals surface area contributed by atoms with Gasteiger partial charge in [0.05, 0.1) is 24.1 Å². The predicted molar refractivity (Wildman–Crippen MR) is 140 cm³/mol. The zero-order chi connectivity index (χ0) is 27.9. The summed E-state index contributed by atoms with van der Waals surface area (Å²) in [6.45, 7) is 7.21. The van der Waals surface area contributed by atoms with E-state index >= 15 is 0 Å². The van der Waals surface area contributed by atoms with Gasteiger partial charge in [0.15, 0.2) is 6.10 Å². The van der Waals surface area contributed by atoms with E-state index in [-0.39, 0.29) is 37.6 Å². The number of aryl methyl sites for hydroxylation is 1. The van der Waals surface area contributed by atoms with Gasteiger partial charge in [0.25, 0.3) is 5.69 Å². The number of nitro groups is 1. The molecule has 11 heteroatoms. The number of carboxylic acids is 1. The van der Waals surface area contributed by atoms with Gasteiger partial charge in [0.1, 0.15) is 18.1 Å². The third kappa shape index (κ3) is 10.3. The molecular formula is C27H36N2O9. The molecule has 0 saturated carbocycles. The Kier molecular flexibility index (Phi) is 13.0. The molecule has 2 rings (SSSR count). The van der Waals surface area contributed by atoms with Crippen LogP contribution < -0.4 is 9.47 Å². The molecule has 38 heavy (non-hydrogen) atoms. The maximum Gasteiger partial charge on any atom is 0.415 e. The van der Waals surface area contributed by atoms with Crippen LogP contribution in [0.1, 0.15) is 37.8 Å². The Hall–Kier alpha value is -3.70. The smallest absolute Gasteiger partial charge is 0.415 e. The quantitative estimate of drug-likeness (QED) is 0.175. The summed E-state index contributed by atoms with van der Waals surface area (Å²) in [6.07, 6.45) is 0.553. The van der Waals surface area contributed by atoms with Crippen molar-refractivity contribution in [3.05, 3.63) is 63.7 Å². The summed E-state index contributed by atoms with van der Waals surface area (Å²) >= 11 is 0. The lowest BCUT2D eigenvalue weighted by atomic mass is 10.1. The van der Waals surface area contributed by atoms with E-state index in [1.807, 2.05) is 0 Å². The number of nitro benzene ring substituents is 1. The fraction of sp³-hybridized carbons (Fsp3) is 0.481. The van der Waals surface area contributed by atoms with Crippen LogP contribution in [0.5, 0.6) is 11.5 Å². The van der Waals surface area contributed by atoms with E-state index < -0.39 is 23.1 Å². The van der Waals surface area contributed by atoms with Crippen LogP contribution in [0.15, 0.2) is 42.5 Å². The van der Waals surface area contributed by atoms with E-state index in [1.54, 1.807) is 38.1 Å². The van der Waals surface area contributed by atoms with E-state index in [4.69, 9.17) is 18.9 Å². The summed E-state index contributed by atoms with van der Waals surface area (Å²) in [6, 6.07) is 11.2. The largest absolute Gasteiger partial charge is 0.492 e. The minimum absolute atomic E-state index is 0.0763. The fourth-order valence-corrected chi connectivity index (χ4v) is 3.46. The molecule has 2 aromatic carbocycles. The van der Waals surface area contributed by atoms with Crippen LogP contribution >= 0.6 is 0 Å². The van der Waals surface area contributed by atoms with Crippen molar-refractivity contribution in [1.29, 1.82) is 0 Å². The van der Waals surface area contributed by atoms with Crippen molar-refractivity contribution >= 4 is 17.7 Å². The van der Waals surface area contributed by atoms with Gasteiger partial charge in [-0.3, -0.25) is 10.1 Å². The lowest BCUT2D eigenvalue weighted by molar-refractivity contribution is -0.385. The average Bonchev–Trinajstić information content (AvgIpc) is 2.89. The first-order valence-corrected chi connectivity index (χ1v) is 12.6. The van der Waals surface area contributed by atoms with Gasteiger partial charge in [-0.1, -0.05) is 25.5 Å². The molecule has 0 spiro atoms. The Morgan fingerprint density at radius 2 is 1.71 bits per heavy atom. The molecule has 0 aliphatic rings. The topological polar surface area (TPSA) is 138 Å². The van der Waals surface area contributed by atoms with Crippen LogP contribution in [-0.2, 0) is 20.7 Å². The summed E-state index contributed by atoms with van der Waals surface area (Å²) in [5.74, 6) is -0.385. The Morgan fingerprint density at radius 3 is 2.34 bits per heavy atom. The molecule has 2 aromatic rings. The number of amides is 1. The van der Waals surface area contributed by atoms with E-state index in [9.17, 15) is 24.8 Å². The second-order valence-electron chi connectivity index (χ2n) is 8.51. The third-order valence-corrected chi connectivity index (χ3v) is 5.61. The summed E-state index contributed by atoms with van der Waals surface area (Å²) in [5.41, 5.74) is 1.12. The summed E-state index contributed by atoms with van der Waals surface area (Å²) in [5, 5.41) is 20.5. The number of unbranched alkanes of at least 4 members (excludes halogenated alkanes) is 1. The molecule has 1 atom stereocenters. The second-order valence-corrected chi connectivity index (χ2v) is 8.51. The number of ether oxygens (including phenoxy) is 4. The van der Waals surface area contributed by atoms with Gasteiger partial charge in [0.2, 0.25) is 0 Å². The van der Waals surface area contributed by atoms with Crippen LogP contribution in [0.2, 0.25) is 0 Å². The predicted octanol–water partition coefficient (Wildman–Crippen LogP) is 4.63. The number of hydrogen-bond acceptors (Lipinski definition) is 8. The molecule has 0 heterocycles. The molecule has 0 fully saturated rings. The van der Waals surface area contributed by atoms with Gasteiger partial charge in [-0.2, -0.15) is 0 Å². The number of benzene rings is 2. The monoisotopic (exact) mass is 532 g/mol. The Balaban J connectivity index is 1.97. The molecule has 11 nitrogen and oxygen atoms in total.